The van der Waals surface area contributed by atoms with Gasteiger partial charge in [0.15, 0.2) is 0 Å². The first-order valence-corrected chi connectivity index (χ1v) is 5.22. The third-order valence-corrected chi connectivity index (χ3v) is 2.51. The topological polar surface area (TPSA) is 120 Å². The lowest BCUT2D eigenvalue weighted by atomic mass is 10.2. The largest absolute Gasteiger partial charge is 0.480 e. The van der Waals surface area contributed by atoms with Crippen LogP contribution in [-0.2, 0) is 9.59 Å². The van der Waals surface area contributed by atoms with Crippen molar-refractivity contribution in [2.24, 2.45) is 10.9 Å². The molecular weight excluding hydrogens is 226 g/mol. The van der Waals surface area contributed by atoms with Gasteiger partial charge in [-0.1, -0.05) is 0 Å². The fourth-order valence-corrected chi connectivity index (χ4v) is 1.92. The molecule has 0 aromatic heterocycles. The number of aliphatic carboxylic acids is 1. The Hall–Kier alpha value is -1.83. The number of nitrogens with two attached hydrogens (primary N) is 1. The Bertz CT molecular complexity index is 320. The normalized spacial score (nSPS) is 25.0. The second-order valence-corrected chi connectivity index (χ2v) is 3.95. The van der Waals surface area contributed by atoms with Crippen molar-refractivity contribution >= 4 is 18.2 Å². The molecule has 1 rings (SSSR count). The molecule has 1 saturated heterocycles. The molecule has 1 fully saturated rings. The van der Waals surface area contributed by atoms with Crippen LogP contribution < -0.4 is 16.5 Å². The van der Waals surface area contributed by atoms with Crippen molar-refractivity contribution in [1.29, 1.82) is 0 Å². The standard InChI is InChI=1S/C9H17N5O3/c1-6(15)13-8-3-14(4-9(16)17)2-7(8)11-5-12-10/h5,7-8H,2-4,10H2,1H3,(H,11,12)(H,13,15)(H,16,17)/t7-,8+/m0/s1. The highest BCUT2D eigenvalue weighted by Crippen LogP contribution is 2.09. The summed E-state index contributed by atoms with van der Waals surface area (Å²) in [6.45, 7) is 2.38. The summed E-state index contributed by atoms with van der Waals surface area (Å²) in [5.74, 6) is 3.94. The molecular formula is C9H17N5O3. The third-order valence-electron chi connectivity index (χ3n) is 2.51. The van der Waals surface area contributed by atoms with Crippen molar-refractivity contribution in [3.8, 4) is 0 Å². The Labute approximate surface area is 98.8 Å². The molecule has 2 atom stereocenters. The van der Waals surface area contributed by atoms with E-state index in [2.05, 4.69) is 15.7 Å². The maximum atomic E-state index is 11.0. The van der Waals surface area contributed by atoms with Gasteiger partial charge in [0.1, 0.15) is 6.34 Å². The molecule has 5 N–H and O–H groups in total. The quantitative estimate of drug-likeness (QED) is 0.187. The zero-order valence-electron chi connectivity index (χ0n) is 9.59. The first-order valence-electron chi connectivity index (χ1n) is 5.22. The summed E-state index contributed by atoms with van der Waals surface area (Å²) in [7, 11) is 0. The summed E-state index contributed by atoms with van der Waals surface area (Å²) >= 11 is 0. The lowest BCUT2D eigenvalue weighted by Crippen LogP contribution is -2.48. The molecule has 0 unspecified atom stereocenters. The number of hydrazone groups is 1. The Morgan fingerprint density at radius 2 is 2.18 bits per heavy atom. The highest BCUT2D eigenvalue weighted by molar-refractivity contribution is 5.73. The zero-order chi connectivity index (χ0) is 12.8. The van der Waals surface area contributed by atoms with Gasteiger partial charge in [0, 0.05) is 20.0 Å². The number of nitrogens with one attached hydrogen (secondary N) is 2. The average molecular weight is 243 g/mol. The molecule has 1 amide bonds. The number of carboxylic acids is 1. The van der Waals surface area contributed by atoms with Gasteiger partial charge in [-0.3, -0.25) is 14.5 Å². The minimum atomic E-state index is -0.889. The minimum Gasteiger partial charge on any atom is -0.480 e. The Morgan fingerprint density at radius 3 is 2.71 bits per heavy atom. The third kappa shape index (κ3) is 4.27. The molecule has 0 radical (unpaired) electrons. The maximum Gasteiger partial charge on any atom is 0.317 e. The summed E-state index contributed by atoms with van der Waals surface area (Å²) in [6.07, 6.45) is 1.34. The van der Waals surface area contributed by atoms with Gasteiger partial charge in [-0.15, -0.1) is 0 Å². The van der Waals surface area contributed by atoms with E-state index in [0.29, 0.717) is 13.1 Å². The number of hydrogen-bond acceptors (Lipinski definition) is 5. The zero-order valence-corrected chi connectivity index (χ0v) is 9.59. The van der Waals surface area contributed by atoms with Crippen LogP contribution in [0.2, 0.25) is 0 Å². The first kappa shape index (κ1) is 13.2. The monoisotopic (exact) mass is 243 g/mol. The summed E-state index contributed by atoms with van der Waals surface area (Å²) in [5, 5.41) is 17.7. The van der Waals surface area contributed by atoms with E-state index < -0.39 is 5.97 Å². The number of rotatable bonds is 5. The summed E-state index contributed by atoms with van der Waals surface area (Å²) in [6, 6.07) is -0.240. The van der Waals surface area contributed by atoms with Gasteiger partial charge in [-0.25, -0.2) is 0 Å². The molecule has 0 aromatic carbocycles. The van der Waals surface area contributed by atoms with Crippen LogP contribution in [0.1, 0.15) is 6.92 Å². The number of nitrogens with zero attached hydrogens (tertiary/aromatic N) is 2. The van der Waals surface area contributed by atoms with Gasteiger partial charge in [-0.05, 0) is 0 Å². The molecule has 17 heavy (non-hydrogen) atoms. The molecule has 1 heterocycles. The Balaban J connectivity index is 2.57. The predicted octanol–water partition coefficient (Wildman–Crippen LogP) is -2.25. The molecule has 0 spiro atoms. The van der Waals surface area contributed by atoms with Crippen LogP contribution in [0.4, 0.5) is 0 Å². The van der Waals surface area contributed by atoms with Gasteiger partial charge in [-0.2, -0.15) is 5.10 Å². The van der Waals surface area contributed by atoms with Crippen LogP contribution in [0.5, 0.6) is 0 Å². The molecule has 0 bridgehead atoms. The second-order valence-electron chi connectivity index (χ2n) is 3.95. The van der Waals surface area contributed by atoms with Crippen LogP contribution >= 0.6 is 0 Å². The van der Waals surface area contributed by atoms with Gasteiger partial charge in [0.25, 0.3) is 0 Å². The first-order chi connectivity index (χ1) is 8.02. The van der Waals surface area contributed by atoms with E-state index in [1.807, 2.05) is 0 Å². The van der Waals surface area contributed by atoms with Crippen LogP contribution in [-0.4, -0.2) is 59.9 Å². The highest BCUT2D eigenvalue weighted by atomic mass is 16.4. The second kappa shape index (κ2) is 6.04. The number of carbonyl (C=O) groups excluding carboxylic acids is 1. The molecule has 0 aromatic rings. The summed E-state index contributed by atoms with van der Waals surface area (Å²) in [5.41, 5.74) is 0. The van der Waals surface area contributed by atoms with Gasteiger partial charge >= 0.3 is 5.97 Å². The van der Waals surface area contributed by atoms with E-state index in [-0.39, 0.29) is 24.5 Å². The van der Waals surface area contributed by atoms with E-state index in [4.69, 9.17) is 10.9 Å². The number of likely N-dealkylation sites (tertiary alicyclic amines) is 1. The van der Waals surface area contributed by atoms with Gasteiger partial charge in [0.2, 0.25) is 5.91 Å². The van der Waals surface area contributed by atoms with E-state index >= 15 is 0 Å². The van der Waals surface area contributed by atoms with E-state index in [9.17, 15) is 9.59 Å². The van der Waals surface area contributed by atoms with Crippen LogP contribution in [0.3, 0.4) is 0 Å². The predicted molar refractivity (Wildman–Crippen MR) is 61.3 cm³/mol. The molecule has 1 aliphatic rings. The highest BCUT2D eigenvalue weighted by Gasteiger charge is 2.33. The van der Waals surface area contributed by atoms with Crippen molar-refractivity contribution < 1.29 is 14.7 Å². The van der Waals surface area contributed by atoms with Crippen LogP contribution in [0, 0.1) is 0 Å². The molecule has 1 aliphatic heterocycles. The summed E-state index contributed by atoms with van der Waals surface area (Å²) in [4.78, 5) is 23.4. The molecule has 0 saturated carbocycles. The lowest BCUT2D eigenvalue weighted by molar-refractivity contribution is -0.138. The van der Waals surface area contributed by atoms with Gasteiger partial charge < -0.3 is 21.6 Å². The number of amides is 1. The van der Waals surface area contributed by atoms with Crippen LogP contribution in [0.25, 0.3) is 0 Å². The van der Waals surface area contributed by atoms with Crippen molar-refractivity contribution in [3.05, 3.63) is 0 Å². The van der Waals surface area contributed by atoms with E-state index in [1.54, 1.807) is 4.90 Å². The minimum absolute atomic E-state index is 0.0476. The Kier molecular flexibility index (Phi) is 4.70. The van der Waals surface area contributed by atoms with Gasteiger partial charge in [0.05, 0.1) is 18.6 Å². The number of hydrogen-bond donors (Lipinski definition) is 4. The fourth-order valence-electron chi connectivity index (χ4n) is 1.92. The van der Waals surface area contributed by atoms with Crippen molar-refractivity contribution in [1.82, 2.24) is 15.5 Å². The Morgan fingerprint density at radius 1 is 1.53 bits per heavy atom. The van der Waals surface area contributed by atoms with Crippen LogP contribution in [0.15, 0.2) is 5.10 Å². The fraction of sp³-hybridized carbons (Fsp3) is 0.667. The van der Waals surface area contributed by atoms with E-state index in [0.717, 1.165) is 0 Å². The smallest absolute Gasteiger partial charge is 0.317 e. The lowest BCUT2D eigenvalue weighted by Gasteiger charge is -2.18. The molecule has 8 nitrogen and oxygen atoms in total. The van der Waals surface area contributed by atoms with Crippen molar-refractivity contribution in [2.75, 3.05) is 19.6 Å². The van der Waals surface area contributed by atoms with Crippen molar-refractivity contribution in [3.63, 3.8) is 0 Å². The number of carboxylic acid groups (broad SMARTS) is 1. The molecule has 0 aliphatic carbocycles. The number of carbonyl (C=O) groups is 2. The van der Waals surface area contributed by atoms with Crippen molar-refractivity contribution in [2.45, 2.75) is 19.0 Å². The average Bonchev–Trinajstić information content (AvgIpc) is 2.55. The molecule has 96 valence electrons. The van der Waals surface area contributed by atoms with E-state index in [1.165, 1.54) is 13.3 Å². The summed E-state index contributed by atoms with van der Waals surface area (Å²) < 4.78 is 0. The molecule has 8 heteroatoms. The maximum absolute atomic E-state index is 11.0. The SMILES string of the molecule is CC(=O)N[C@@H]1CN(CC(=O)O)C[C@@H]1NC=NN.